The van der Waals surface area contributed by atoms with Gasteiger partial charge in [0.25, 0.3) is 5.69 Å². The summed E-state index contributed by atoms with van der Waals surface area (Å²) in [5.74, 6) is 0. The number of para-hydroxylation sites is 1. The fourth-order valence-electron chi connectivity index (χ4n) is 2.47. The molecule has 1 aromatic heterocycles. The molecule has 2 N–H and O–H groups in total. The van der Waals surface area contributed by atoms with Crippen LogP contribution in [0.4, 0.5) is 5.69 Å². The molecule has 1 heterocycles. The second-order valence-corrected chi connectivity index (χ2v) is 7.70. The highest BCUT2D eigenvalue weighted by atomic mass is 79.9. The summed E-state index contributed by atoms with van der Waals surface area (Å²) in [5, 5.41) is 0.901. The van der Waals surface area contributed by atoms with E-state index in [-0.39, 0.29) is 4.90 Å². The lowest BCUT2D eigenvalue weighted by molar-refractivity contribution is -0.470. The van der Waals surface area contributed by atoms with Crippen molar-refractivity contribution < 1.29 is 13.1 Å². The molecule has 0 fully saturated rings. The molecule has 23 heavy (non-hydrogen) atoms. The standard InChI is InChI=1S/C16H15BrN3O2S/c1-11-16(14-5-3-4-6-15(14)18-11)20(2)19-23(21,22)13-9-7-12(17)8-10-13/h3-10,18-19H,2H2,1H3/q+1. The molecule has 3 rings (SSSR count). The number of rotatable bonds is 4. The molecule has 0 atom stereocenters. The van der Waals surface area contributed by atoms with E-state index >= 15 is 0 Å². The maximum atomic E-state index is 12.5. The second kappa shape index (κ2) is 5.82. The van der Waals surface area contributed by atoms with Gasteiger partial charge in [0.15, 0.2) is 6.72 Å². The molecule has 0 aliphatic rings. The summed E-state index contributed by atoms with van der Waals surface area (Å²) in [6.45, 7) is 5.71. The summed E-state index contributed by atoms with van der Waals surface area (Å²) in [6.07, 6.45) is 0. The van der Waals surface area contributed by atoms with E-state index in [0.717, 1.165) is 21.1 Å². The van der Waals surface area contributed by atoms with E-state index in [1.54, 1.807) is 12.1 Å². The summed E-state index contributed by atoms with van der Waals surface area (Å²) in [7, 11) is -3.71. The number of hydrazine groups is 1. The second-order valence-electron chi connectivity index (χ2n) is 5.12. The minimum Gasteiger partial charge on any atom is -0.353 e. The molecule has 0 amide bonds. The Balaban J connectivity index is 1.97. The third-order valence-electron chi connectivity index (χ3n) is 3.48. The van der Waals surface area contributed by atoms with Crippen molar-refractivity contribution in [3.63, 3.8) is 0 Å². The predicted octanol–water partition coefficient (Wildman–Crippen LogP) is 3.48. The third-order valence-corrected chi connectivity index (χ3v) is 5.37. The van der Waals surface area contributed by atoms with Crippen LogP contribution in [0.3, 0.4) is 0 Å². The minimum absolute atomic E-state index is 0.173. The lowest BCUT2D eigenvalue weighted by Gasteiger charge is -2.05. The highest BCUT2D eigenvalue weighted by molar-refractivity contribution is 9.10. The van der Waals surface area contributed by atoms with Gasteiger partial charge in [-0.2, -0.15) is 8.42 Å². The molecule has 5 nitrogen and oxygen atoms in total. The average Bonchev–Trinajstić information content (AvgIpc) is 2.83. The quantitative estimate of drug-likeness (QED) is 0.405. The van der Waals surface area contributed by atoms with Gasteiger partial charge in [-0.1, -0.05) is 37.6 Å². The number of fused-ring (bicyclic) bond motifs is 1. The van der Waals surface area contributed by atoms with Crippen molar-refractivity contribution in [2.24, 2.45) is 0 Å². The van der Waals surface area contributed by atoms with Gasteiger partial charge in [0.1, 0.15) is 0 Å². The van der Waals surface area contributed by atoms with Crippen molar-refractivity contribution in [3.05, 3.63) is 58.7 Å². The topological polar surface area (TPSA) is 65.0 Å². The zero-order valence-electron chi connectivity index (χ0n) is 12.4. The first-order valence-electron chi connectivity index (χ1n) is 6.84. The van der Waals surface area contributed by atoms with Crippen LogP contribution in [0, 0.1) is 6.92 Å². The first kappa shape index (κ1) is 15.8. The zero-order chi connectivity index (χ0) is 16.6. The molecule has 2 aromatic carbocycles. The number of hydrogen-bond acceptors (Lipinski definition) is 2. The highest BCUT2D eigenvalue weighted by Gasteiger charge is 2.24. The van der Waals surface area contributed by atoms with Crippen LogP contribution in [0.2, 0.25) is 0 Å². The van der Waals surface area contributed by atoms with Crippen LogP contribution in [-0.2, 0) is 10.0 Å². The summed E-state index contributed by atoms with van der Waals surface area (Å²) in [5.41, 5.74) is 2.46. The molecule has 0 saturated carbocycles. The van der Waals surface area contributed by atoms with Crippen LogP contribution in [0.15, 0.2) is 57.9 Å². The van der Waals surface area contributed by atoms with E-state index < -0.39 is 10.0 Å². The van der Waals surface area contributed by atoms with Crippen LogP contribution in [0.1, 0.15) is 5.69 Å². The number of benzene rings is 2. The van der Waals surface area contributed by atoms with E-state index in [4.69, 9.17) is 0 Å². The number of hydrogen-bond donors (Lipinski definition) is 2. The molecule has 118 valence electrons. The fourth-order valence-corrected chi connectivity index (χ4v) is 3.71. The SMILES string of the molecule is C=[N+](NS(=O)(=O)c1ccc(Br)cc1)c1c(C)[nH]c2ccccc12. The Morgan fingerprint density at radius 1 is 1.13 bits per heavy atom. The third kappa shape index (κ3) is 3.02. The van der Waals surface area contributed by atoms with Crippen LogP contribution in [0.25, 0.3) is 10.9 Å². The maximum absolute atomic E-state index is 12.5. The number of aromatic amines is 1. The lowest BCUT2D eigenvalue weighted by Crippen LogP contribution is -2.31. The van der Waals surface area contributed by atoms with Gasteiger partial charge in [-0.05, 0) is 43.3 Å². The van der Waals surface area contributed by atoms with Gasteiger partial charge in [0.05, 0.1) is 21.5 Å². The predicted molar refractivity (Wildman–Crippen MR) is 94.5 cm³/mol. The molecule has 0 aliphatic heterocycles. The molecule has 0 bridgehead atoms. The number of aromatic nitrogens is 1. The molecule has 0 radical (unpaired) electrons. The zero-order valence-corrected chi connectivity index (χ0v) is 14.8. The number of nitrogens with zero attached hydrogens (tertiary/aromatic N) is 1. The summed E-state index contributed by atoms with van der Waals surface area (Å²) in [4.78, 5) is 5.88. The minimum atomic E-state index is -3.71. The van der Waals surface area contributed by atoms with E-state index in [2.05, 4.69) is 32.5 Å². The molecule has 0 aliphatic carbocycles. The van der Waals surface area contributed by atoms with Crippen LogP contribution < -0.4 is 4.83 Å². The Kier molecular flexibility index (Phi) is 3.99. The number of nitrogens with one attached hydrogen (secondary N) is 2. The fraction of sp³-hybridized carbons (Fsp3) is 0.0625. The lowest BCUT2D eigenvalue weighted by atomic mass is 10.2. The number of halogens is 1. The van der Waals surface area contributed by atoms with Gasteiger partial charge in [0.2, 0.25) is 0 Å². The van der Waals surface area contributed by atoms with Crippen molar-refractivity contribution >= 4 is 49.3 Å². The number of H-pyrrole nitrogens is 1. The first-order chi connectivity index (χ1) is 10.9. The van der Waals surface area contributed by atoms with Crippen LogP contribution in [-0.4, -0.2) is 24.8 Å². The summed E-state index contributed by atoms with van der Waals surface area (Å²) in [6, 6.07) is 14.1. The van der Waals surface area contributed by atoms with E-state index in [0.29, 0.717) is 5.69 Å². The normalized spacial score (nSPS) is 11.6. The van der Waals surface area contributed by atoms with E-state index in [1.165, 1.54) is 16.8 Å². The molecular formula is C16H15BrN3O2S+. The molecule has 3 aromatic rings. The molecule has 0 saturated heterocycles. The smallest absolute Gasteiger partial charge is 0.306 e. The number of sulfonamides is 1. The molecule has 0 spiro atoms. The Labute approximate surface area is 142 Å². The Morgan fingerprint density at radius 3 is 2.48 bits per heavy atom. The molecular weight excluding hydrogens is 378 g/mol. The highest BCUT2D eigenvalue weighted by Crippen LogP contribution is 2.28. The average molecular weight is 393 g/mol. The van der Waals surface area contributed by atoms with Gasteiger partial charge in [0, 0.05) is 4.47 Å². The molecule has 7 heteroatoms. The van der Waals surface area contributed by atoms with Crippen molar-refractivity contribution in [2.75, 3.05) is 0 Å². The van der Waals surface area contributed by atoms with Gasteiger partial charge >= 0.3 is 10.0 Å². The van der Waals surface area contributed by atoms with Crippen LogP contribution in [0.5, 0.6) is 0 Å². The summed E-state index contributed by atoms with van der Waals surface area (Å²) < 4.78 is 27.1. The van der Waals surface area contributed by atoms with Gasteiger partial charge in [-0.3, -0.25) is 0 Å². The van der Waals surface area contributed by atoms with Gasteiger partial charge in [-0.25, -0.2) is 0 Å². The molecule has 0 unspecified atom stereocenters. The van der Waals surface area contributed by atoms with Crippen LogP contribution >= 0.6 is 15.9 Å². The van der Waals surface area contributed by atoms with E-state index in [1.807, 2.05) is 31.2 Å². The van der Waals surface area contributed by atoms with Crippen molar-refractivity contribution in [1.82, 2.24) is 9.82 Å². The number of hydrazone groups is 1. The Morgan fingerprint density at radius 2 is 1.78 bits per heavy atom. The Hall–Kier alpha value is -2.12. The van der Waals surface area contributed by atoms with Gasteiger partial charge < -0.3 is 4.98 Å². The van der Waals surface area contributed by atoms with Crippen molar-refractivity contribution in [2.45, 2.75) is 11.8 Å². The van der Waals surface area contributed by atoms with Crippen molar-refractivity contribution in [3.8, 4) is 0 Å². The maximum Gasteiger partial charge on any atom is 0.306 e. The van der Waals surface area contributed by atoms with E-state index in [9.17, 15) is 8.42 Å². The first-order valence-corrected chi connectivity index (χ1v) is 9.12. The largest absolute Gasteiger partial charge is 0.353 e. The monoisotopic (exact) mass is 392 g/mol. The Bertz CT molecular complexity index is 992. The van der Waals surface area contributed by atoms with Crippen molar-refractivity contribution in [1.29, 1.82) is 0 Å². The summed E-state index contributed by atoms with van der Waals surface area (Å²) >= 11 is 3.29. The van der Waals surface area contributed by atoms with Gasteiger partial charge in [-0.15, -0.1) is 0 Å². The number of aryl methyl sites for hydroxylation is 1.